The summed E-state index contributed by atoms with van der Waals surface area (Å²) in [6.45, 7) is 1.28. The largest absolute Gasteiger partial charge is 0.382 e. The van der Waals surface area contributed by atoms with Gasteiger partial charge in [-0.05, 0) is 49.1 Å². The lowest BCUT2D eigenvalue weighted by molar-refractivity contribution is -0.385. The summed E-state index contributed by atoms with van der Waals surface area (Å²) in [5.41, 5.74) is 1.72. The van der Waals surface area contributed by atoms with Gasteiger partial charge >= 0.3 is 0 Å². The number of anilines is 1. The summed E-state index contributed by atoms with van der Waals surface area (Å²) in [7, 11) is 0. The predicted octanol–water partition coefficient (Wildman–Crippen LogP) is 3.94. The van der Waals surface area contributed by atoms with Crippen molar-refractivity contribution in [1.82, 2.24) is 4.90 Å². The third kappa shape index (κ3) is 3.63. The predicted molar refractivity (Wildman–Crippen MR) is 99.4 cm³/mol. The molecule has 1 saturated heterocycles. The van der Waals surface area contributed by atoms with Gasteiger partial charge in [-0.25, -0.2) is 4.39 Å². The Morgan fingerprint density at radius 2 is 1.85 bits per heavy atom. The topological polar surface area (TPSA) is 75.5 Å². The van der Waals surface area contributed by atoms with Crippen LogP contribution in [-0.2, 0) is 0 Å². The van der Waals surface area contributed by atoms with Crippen molar-refractivity contribution in [2.45, 2.75) is 31.2 Å². The van der Waals surface area contributed by atoms with Crippen molar-refractivity contribution in [3.05, 3.63) is 69.5 Å². The summed E-state index contributed by atoms with van der Waals surface area (Å²) in [5, 5.41) is 14.7. The van der Waals surface area contributed by atoms with Crippen LogP contribution in [0.25, 0.3) is 0 Å². The van der Waals surface area contributed by atoms with E-state index in [9.17, 15) is 19.3 Å². The first kappa shape index (κ1) is 17.5. The van der Waals surface area contributed by atoms with Gasteiger partial charge in [0.2, 0.25) is 0 Å². The summed E-state index contributed by atoms with van der Waals surface area (Å²) >= 11 is 0. The maximum Gasteiger partial charge on any atom is 0.282 e. The number of hydrogen-bond acceptors (Lipinski definition) is 4. The molecule has 2 aromatic carbocycles. The highest BCUT2D eigenvalue weighted by Crippen LogP contribution is 2.43. The van der Waals surface area contributed by atoms with Crippen LogP contribution in [0.2, 0.25) is 0 Å². The number of halogens is 1. The van der Waals surface area contributed by atoms with Crippen LogP contribution in [0, 0.1) is 15.9 Å². The quantitative estimate of drug-likeness (QED) is 0.640. The molecule has 0 spiro atoms. The van der Waals surface area contributed by atoms with Crippen LogP contribution in [0.3, 0.4) is 0 Å². The van der Waals surface area contributed by atoms with E-state index in [-0.39, 0.29) is 34.9 Å². The average Bonchev–Trinajstić information content (AvgIpc) is 3.19. The number of likely N-dealkylation sites (tertiary alicyclic amines) is 1. The molecule has 27 heavy (non-hydrogen) atoms. The molecule has 1 aliphatic carbocycles. The van der Waals surface area contributed by atoms with Crippen LogP contribution in [0.5, 0.6) is 0 Å². The first-order valence-corrected chi connectivity index (χ1v) is 9.12. The first-order chi connectivity index (χ1) is 13.0. The number of nitrogens with zero attached hydrogens (tertiary/aromatic N) is 2. The molecule has 1 N–H and O–H groups in total. The van der Waals surface area contributed by atoms with Gasteiger partial charge in [0.25, 0.3) is 11.6 Å². The molecule has 0 radical (unpaired) electrons. The van der Waals surface area contributed by atoms with Gasteiger partial charge in [0.05, 0.1) is 4.92 Å². The molecule has 1 heterocycles. The fraction of sp³-hybridized carbons (Fsp3) is 0.350. The van der Waals surface area contributed by atoms with E-state index in [1.54, 1.807) is 29.2 Å². The van der Waals surface area contributed by atoms with Gasteiger partial charge in [0, 0.05) is 36.8 Å². The average molecular weight is 369 g/mol. The number of benzene rings is 2. The zero-order chi connectivity index (χ0) is 19.0. The third-order valence-corrected chi connectivity index (χ3v) is 5.26. The summed E-state index contributed by atoms with van der Waals surface area (Å²) in [6, 6.07) is 11.2. The highest BCUT2D eigenvalue weighted by Gasteiger charge is 2.38. The molecule has 6 nitrogen and oxygen atoms in total. The molecule has 0 aromatic heterocycles. The third-order valence-electron chi connectivity index (χ3n) is 5.26. The molecule has 2 aromatic rings. The molecular weight excluding hydrogens is 349 g/mol. The van der Waals surface area contributed by atoms with Crippen molar-refractivity contribution in [1.29, 1.82) is 0 Å². The second-order valence-electron chi connectivity index (χ2n) is 7.13. The molecule has 2 atom stereocenters. The monoisotopic (exact) mass is 369 g/mol. The summed E-state index contributed by atoms with van der Waals surface area (Å²) in [4.78, 5) is 25.2. The minimum Gasteiger partial charge on any atom is -0.382 e. The van der Waals surface area contributed by atoms with E-state index in [1.807, 2.05) is 0 Å². The van der Waals surface area contributed by atoms with Gasteiger partial charge in [0.15, 0.2) is 0 Å². The Kier molecular flexibility index (Phi) is 4.51. The fourth-order valence-electron chi connectivity index (χ4n) is 3.69. The molecule has 0 unspecified atom stereocenters. The van der Waals surface area contributed by atoms with Crippen molar-refractivity contribution >= 4 is 17.3 Å². The molecule has 1 amide bonds. The Morgan fingerprint density at radius 3 is 2.52 bits per heavy atom. The number of nitro groups is 1. The zero-order valence-corrected chi connectivity index (χ0v) is 14.7. The number of carbonyl (C=O) groups excluding carboxylic acids is 1. The van der Waals surface area contributed by atoms with Crippen LogP contribution in [0.15, 0.2) is 42.5 Å². The lowest BCUT2D eigenvalue weighted by Gasteiger charge is -2.16. The SMILES string of the molecule is O=C(c1cc(N[C@@H]2C[C@H]2c2ccc(F)cc2)ccc1[N+](=O)[O-])N1CCCC1. The van der Waals surface area contributed by atoms with E-state index in [0.29, 0.717) is 18.8 Å². The van der Waals surface area contributed by atoms with E-state index in [4.69, 9.17) is 0 Å². The van der Waals surface area contributed by atoms with Crippen molar-refractivity contribution in [3.8, 4) is 0 Å². The molecule has 4 rings (SSSR count). The first-order valence-electron chi connectivity index (χ1n) is 9.12. The van der Waals surface area contributed by atoms with Crippen LogP contribution in [0.4, 0.5) is 15.8 Å². The minimum absolute atomic E-state index is 0.130. The Balaban J connectivity index is 1.52. The molecule has 1 saturated carbocycles. The van der Waals surface area contributed by atoms with Gasteiger partial charge in [-0.3, -0.25) is 14.9 Å². The molecule has 7 heteroatoms. The molecule has 0 bridgehead atoms. The van der Waals surface area contributed by atoms with Gasteiger partial charge in [-0.1, -0.05) is 12.1 Å². The number of carbonyl (C=O) groups is 1. The number of nitrogens with one attached hydrogen (secondary N) is 1. The number of hydrogen-bond donors (Lipinski definition) is 1. The molecular formula is C20H20FN3O3. The Hall–Kier alpha value is -2.96. The highest BCUT2D eigenvalue weighted by molar-refractivity contribution is 5.99. The van der Waals surface area contributed by atoms with Gasteiger partial charge < -0.3 is 10.2 Å². The van der Waals surface area contributed by atoms with Gasteiger partial charge in [0.1, 0.15) is 11.4 Å². The van der Waals surface area contributed by atoms with Crippen molar-refractivity contribution in [2.24, 2.45) is 0 Å². The Bertz CT molecular complexity index is 879. The van der Waals surface area contributed by atoms with Crippen molar-refractivity contribution in [3.63, 3.8) is 0 Å². The van der Waals surface area contributed by atoms with E-state index >= 15 is 0 Å². The number of amides is 1. The second kappa shape index (κ2) is 6.98. The number of rotatable bonds is 5. The maximum absolute atomic E-state index is 13.1. The lowest BCUT2D eigenvalue weighted by atomic mass is 10.1. The van der Waals surface area contributed by atoms with Crippen LogP contribution < -0.4 is 5.32 Å². The van der Waals surface area contributed by atoms with Crippen molar-refractivity contribution in [2.75, 3.05) is 18.4 Å². The van der Waals surface area contributed by atoms with Crippen LogP contribution in [0.1, 0.15) is 41.1 Å². The van der Waals surface area contributed by atoms with Crippen LogP contribution >= 0.6 is 0 Å². The summed E-state index contributed by atoms with van der Waals surface area (Å²) < 4.78 is 13.1. The standard InChI is InChI=1S/C20H20FN3O3/c21-14-5-3-13(4-6-14)16-12-18(16)22-15-7-8-19(24(26)27)17(11-15)20(25)23-9-1-2-10-23/h3-8,11,16,18,22H,1-2,9-10,12H2/t16-,18+/m0/s1. The van der Waals surface area contributed by atoms with E-state index in [2.05, 4.69) is 5.32 Å². The molecule has 2 fully saturated rings. The summed E-state index contributed by atoms with van der Waals surface area (Å²) in [5.74, 6) is -0.267. The summed E-state index contributed by atoms with van der Waals surface area (Å²) in [6.07, 6.45) is 2.76. The normalized spacial score (nSPS) is 21.1. The maximum atomic E-state index is 13.1. The molecule has 140 valence electrons. The zero-order valence-electron chi connectivity index (χ0n) is 14.7. The molecule has 2 aliphatic rings. The number of nitro benzene ring substituents is 1. The Labute approximate surface area is 156 Å². The fourth-order valence-corrected chi connectivity index (χ4v) is 3.69. The smallest absolute Gasteiger partial charge is 0.282 e. The second-order valence-corrected chi connectivity index (χ2v) is 7.13. The lowest BCUT2D eigenvalue weighted by Crippen LogP contribution is -2.28. The van der Waals surface area contributed by atoms with Crippen LogP contribution in [-0.4, -0.2) is 34.9 Å². The van der Waals surface area contributed by atoms with Gasteiger partial charge in [-0.15, -0.1) is 0 Å². The van der Waals surface area contributed by atoms with E-state index < -0.39 is 4.92 Å². The molecule has 1 aliphatic heterocycles. The van der Waals surface area contributed by atoms with Crippen molar-refractivity contribution < 1.29 is 14.1 Å². The van der Waals surface area contributed by atoms with E-state index in [1.165, 1.54) is 18.2 Å². The van der Waals surface area contributed by atoms with Gasteiger partial charge in [-0.2, -0.15) is 0 Å². The highest BCUT2D eigenvalue weighted by atomic mass is 19.1. The Morgan fingerprint density at radius 1 is 1.15 bits per heavy atom. The van der Waals surface area contributed by atoms with E-state index in [0.717, 1.165) is 24.8 Å². The minimum atomic E-state index is -0.508.